The molecule has 0 unspecified atom stereocenters. The van der Waals surface area contributed by atoms with Crippen molar-refractivity contribution in [1.82, 2.24) is 4.90 Å². The van der Waals surface area contributed by atoms with Crippen LogP contribution in [0.15, 0.2) is 4.99 Å². The van der Waals surface area contributed by atoms with Crippen molar-refractivity contribution in [2.75, 3.05) is 13.6 Å². The number of nitrogens with two attached hydrogens (primary N) is 1. The monoisotopic (exact) mass is 126 g/mol. The van der Waals surface area contributed by atoms with Crippen LogP contribution in [0.3, 0.4) is 0 Å². The molecule has 0 amide bonds. The van der Waals surface area contributed by atoms with Gasteiger partial charge in [-0.05, 0) is 6.92 Å². The topological polar surface area (TPSA) is 65.4 Å². The first-order valence-electron chi connectivity index (χ1n) is 2.65. The number of hydrogen-bond acceptors (Lipinski definition) is 2. The van der Waals surface area contributed by atoms with Crippen LogP contribution in [0.1, 0.15) is 6.92 Å². The van der Waals surface area contributed by atoms with Gasteiger partial charge >= 0.3 is 0 Å². The minimum absolute atomic E-state index is 0.264. The van der Waals surface area contributed by atoms with Crippen LogP contribution in [0.2, 0.25) is 0 Å². The molecule has 0 aliphatic rings. The second-order valence-corrected chi connectivity index (χ2v) is 1.49. The second kappa shape index (κ2) is 3.72. The van der Waals surface area contributed by atoms with Crippen molar-refractivity contribution in [3.8, 4) is 6.19 Å². The zero-order valence-electron chi connectivity index (χ0n) is 5.63. The molecule has 0 atom stereocenters. The van der Waals surface area contributed by atoms with Gasteiger partial charge in [-0.15, -0.1) is 0 Å². The second-order valence-electron chi connectivity index (χ2n) is 1.49. The lowest BCUT2D eigenvalue weighted by atomic mass is 10.7. The summed E-state index contributed by atoms with van der Waals surface area (Å²) in [5.41, 5.74) is 5.29. The Balaban J connectivity index is 3.89. The van der Waals surface area contributed by atoms with Crippen molar-refractivity contribution in [3.63, 3.8) is 0 Å². The number of hydrogen-bond donors (Lipinski definition) is 1. The van der Waals surface area contributed by atoms with Crippen LogP contribution in [0.4, 0.5) is 0 Å². The first-order valence-corrected chi connectivity index (χ1v) is 2.65. The average molecular weight is 126 g/mol. The molecule has 0 saturated heterocycles. The Morgan fingerprint density at radius 1 is 1.89 bits per heavy atom. The molecule has 4 nitrogen and oxygen atoms in total. The van der Waals surface area contributed by atoms with Gasteiger partial charge in [-0.2, -0.15) is 5.26 Å². The van der Waals surface area contributed by atoms with Crippen molar-refractivity contribution >= 4 is 5.96 Å². The van der Waals surface area contributed by atoms with E-state index in [4.69, 9.17) is 11.0 Å². The summed E-state index contributed by atoms with van der Waals surface area (Å²) in [7, 11) is 1.56. The number of guanidine groups is 1. The summed E-state index contributed by atoms with van der Waals surface area (Å²) >= 11 is 0. The van der Waals surface area contributed by atoms with E-state index in [0.717, 1.165) is 0 Å². The lowest BCUT2D eigenvalue weighted by molar-refractivity contribution is 0.694. The molecule has 4 heteroatoms. The van der Waals surface area contributed by atoms with Gasteiger partial charge in [0.1, 0.15) is 0 Å². The van der Waals surface area contributed by atoms with E-state index in [1.165, 1.54) is 4.90 Å². The Kier molecular flexibility index (Phi) is 3.21. The number of nitrogens with zero attached hydrogens (tertiary/aromatic N) is 3. The van der Waals surface area contributed by atoms with Gasteiger partial charge in [-0.1, -0.05) is 0 Å². The molecular formula is C5H10N4. The van der Waals surface area contributed by atoms with Gasteiger partial charge < -0.3 is 5.73 Å². The van der Waals surface area contributed by atoms with Gasteiger partial charge in [0, 0.05) is 13.6 Å². The smallest absolute Gasteiger partial charge is 0.204 e. The molecule has 0 radical (unpaired) electrons. The molecule has 0 aliphatic heterocycles. The van der Waals surface area contributed by atoms with E-state index in [-0.39, 0.29) is 5.96 Å². The van der Waals surface area contributed by atoms with Gasteiger partial charge in [-0.3, -0.25) is 9.89 Å². The molecule has 0 aromatic rings. The fraction of sp³-hybridized carbons (Fsp3) is 0.600. The van der Waals surface area contributed by atoms with Crippen molar-refractivity contribution in [2.45, 2.75) is 6.92 Å². The molecule has 0 bridgehead atoms. The molecule has 0 saturated carbocycles. The molecule has 0 aliphatic carbocycles. The van der Waals surface area contributed by atoms with E-state index >= 15 is 0 Å². The molecule has 9 heavy (non-hydrogen) atoms. The molecule has 0 rings (SSSR count). The third-order valence-electron chi connectivity index (χ3n) is 0.814. The van der Waals surface area contributed by atoms with Crippen LogP contribution < -0.4 is 5.73 Å². The maximum atomic E-state index is 8.25. The highest BCUT2D eigenvalue weighted by atomic mass is 15.2. The first-order chi connectivity index (χ1) is 4.22. The summed E-state index contributed by atoms with van der Waals surface area (Å²) in [6.07, 6.45) is 1.83. The largest absolute Gasteiger partial charge is 0.369 e. The quantitative estimate of drug-likeness (QED) is 0.228. The summed E-state index contributed by atoms with van der Waals surface area (Å²) in [4.78, 5) is 5.00. The highest BCUT2D eigenvalue weighted by molar-refractivity contribution is 5.79. The molecule has 0 aromatic heterocycles. The number of aliphatic imine (C=N–C) groups is 1. The lowest BCUT2D eigenvalue weighted by Gasteiger charge is -2.04. The Labute approximate surface area is 54.6 Å². The molecule has 2 N–H and O–H groups in total. The highest BCUT2D eigenvalue weighted by Gasteiger charge is 1.94. The molecule has 0 spiro atoms. The average Bonchev–Trinajstić information content (AvgIpc) is 1.87. The Bertz CT molecular complexity index is 144. The van der Waals surface area contributed by atoms with Gasteiger partial charge in [0.15, 0.2) is 6.19 Å². The SMILES string of the molecule is CCN=C(N)N(C)C#N. The standard InChI is InChI=1S/C5H10N4/c1-3-8-5(7)9(2)4-6/h3H2,1-2H3,(H2,7,8). The predicted octanol–water partition coefficient (Wildman–Crippen LogP) is -0.266. The van der Waals surface area contributed by atoms with E-state index < -0.39 is 0 Å². The molecule has 0 aromatic carbocycles. The maximum Gasteiger partial charge on any atom is 0.204 e. The number of rotatable bonds is 1. The molecular weight excluding hydrogens is 116 g/mol. The fourth-order valence-electron chi connectivity index (χ4n) is 0.319. The van der Waals surface area contributed by atoms with Gasteiger partial charge in [0.25, 0.3) is 0 Å². The van der Waals surface area contributed by atoms with Crippen molar-refractivity contribution in [3.05, 3.63) is 0 Å². The molecule has 0 heterocycles. The molecule has 0 fully saturated rings. The summed E-state index contributed by atoms with van der Waals surface area (Å²) < 4.78 is 0. The van der Waals surface area contributed by atoms with Gasteiger partial charge in [0.2, 0.25) is 5.96 Å². The van der Waals surface area contributed by atoms with E-state index in [1.807, 2.05) is 13.1 Å². The maximum absolute atomic E-state index is 8.25. The third kappa shape index (κ3) is 2.54. The summed E-state index contributed by atoms with van der Waals surface area (Å²) in [6, 6.07) is 0. The van der Waals surface area contributed by atoms with E-state index in [0.29, 0.717) is 6.54 Å². The Morgan fingerprint density at radius 2 is 2.44 bits per heavy atom. The zero-order valence-corrected chi connectivity index (χ0v) is 5.63. The highest BCUT2D eigenvalue weighted by Crippen LogP contribution is 1.76. The Hall–Kier alpha value is -1.24. The first kappa shape index (κ1) is 7.76. The number of nitriles is 1. The zero-order chi connectivity index (χ0) is 7.28. The van der Waals surface area contributed by atoms with Crippen LogP contribution in [-0.4, -0.2) is 24.5 Å². The van der Waals surface area contributed by atoms with Crippen LogP contribution in [0.5, 0.6) is 0 Å². The lowest BCUT2D eigenvalue weighted by Crippen LogP contribution is -2.29. The van der Waals surface area contributed by atoms with Crippen LogP contribution in [-0.2, 0) is 0 Å². The minimum Gasteiger partial charge on any atom is -0.369 e. The summed E-state index contributed by atoms with van der Waals surface area (Å²) in [5, 5.41) is 8.25. The summed E-state index contributed by atoms with van der Waals surface area (Å²) in [6.45, 7) is 2.47. The van der Waals surface area contributed by atoms with E-state index in [9.17, 15) is 0 Å². The van der Waals surface area contributed by atoms with Crippen molar-refractivity contribution in [2.24, 2.45) is 10.7 Å². The minimum atomic E-state index is 0.264. The van der Waals surface area contributed by atoms with Crippen LogP contribution in [0, 0.1) is 11.5 Å². The predicted molar refractivity (Wildman–Crippen MR) is 35.5 cm³/mol. The third-order valence-corrected chi connectivity index (χ3v) is 0.814. The normalized spacial score (nSPS) is 10.6. The van der Waals surface area contributed by atoms with Crippen molar-refractivity contribution in [1.29, 1.82) is 5.26 Å². The van der Waals surface area contributed by atoms with Crippen LogP contribution in [0.25, 0.3) is 0 Å². The van der Waals surface area contributed by atoms with Gasteiger partial charge in [-0.25, -0.2) is 0 Å². The van der Waals surface area contributed by atoms with E-state index in [2.05, 4.69) is 4.99 Å². The van der Waals surface area contributed by atoms with Gasteiger partial charge in [0.05, 0.1) is 0 Å². The van der Waals surface area contributed by atoms with E-state index in [1.54, 1.807) is 7.05 Å². The summed E-state index contributed by atoms with van der Waals surface area (Å²) in [5.74, 6) is 0.264. The Morgan fingerprint density at radius 3 is 2.78 bits per heavy atom. The van der Waals surface area contributed by atoms with Crippen molar-refractivity contribution < 1.29 is 0 Å². The molecule has 50 valence electrons. The van der Waals surface area contributed by atoms with Crippen LogP contribution >= 0.6 is 0 Å². The fourth-order valence-corrected chi connectivity index (χ4v) is 0.319.